The Morgan fingerprint density at radius 3 is 2.14 bits per heavy atom. The van der Waals surface area contributed by atoms with E-state index in [2.05, 4.69) is 22.8 Å². The van der Waals surface area contributed by atoms with Gasteiger partial charge in [-0.05, 0) is 36.1 Å². The lowest BCUT2D eigenvalue weighted by atomic mass is 10.1. The molecule has 0 atom stereocenters. The van der Waals surface area contributed by atoms with Crippen LogP contribution in [0.5, 0.6) is 0 Å². The highest BCUT2D eigenvalue weighted by atomic mass is 16.2. The Bertz CT molecular complexity index is 586. The molecular weight excluding hydrogens is 260 g/mol. The highest BCUT2D eigenvalue weighted by Crippen LogP contribution is 2.21. The van der Waals surface area contributed by atoms with Crippen LogP contribution in [0.4, 0.5) is 10.5 Å². The SMILES string of the molecule is O=C(Nc1ccc(-c2ccccc2)cc1)NC1CCCC1. The van der Waals surface area contributed by atoms with Crippen LogP contribution in [0.3, 0.4) is 0 Å². The Morgan fingerprint density at radius 1 is 0.857 bits per heavy atom. The summed E-state index contributed by atoms with van der Waals surface area (Å²) in [5.41, 5.74) is 3.15. The van der Waals surface area contributed by atoms with E-state index < -0.39 is 0 Å². The van der Waals surface area contributed by atoms with Crippen molar-refractivity contribution in [1.29, 1.82) is 0 Å². The van der Waals surface area contributed by atoms with Gasteiger partial charge in [-0.3, -0.25) is 0 Å². The third-order valence-electron chi connectivity index (χ3n) is 3.94. The van der Waals surface area contributed by atoms with Gasteiger partial charge in [0.1, 0.15) is 0 Å². The zero-order valence-electron chi connectivity index (χ0n) is 12.0. The van der Waals surface area contributed by atoms with E-state index in [0.29, 0.717) is 6.04 Å². The number of amides is 2. The van der Waals surface area contributed by atoms with Crippen molar-refractivity contribution in [3.8, 4) is 11.1 Å². The van der Waals surface area contributed by atoms with Crippen molar-refractivity contribution in [1.82, 2.24) is 5.32 Å². The smallest absolute Gasteiger partial charge is 0.319 e. The summed E-state index contributed by atoms with van der Waals surface area (Å²) in [4.78, 5) is 11.9. The molecular formula is C18H20N2O. The number of urea groups is 1. The molecule has 0 bridgehead atoms. The van der Waals surface area contributed by atoms with E-state index >= 15 is 0 Å². The molecule has 0 saturated heterocycles. The molecule has 0 unspecified atom stereocenters. The summed E-state index contributed by atoms with van der Waals surface area (Å²) in [6.07, 6.45) is 4.63. The van der Waals surface area contributed by atoms with Crippen molar-refractivity contribution in [3.05, 3.63) is 54.6 Å². The molecule has 2 aromatic rings. The number of carbonyl (C=O) groups is 1. The third kappa shape index (κ3) is 3.63. The summed E-state index contributed by atoms with van der Waals surface area (Å²) < 4.78 is 0. The zero-order chi connectivity index (χ0) is 14.5. The van der Waals surface area contributed by atoms with Gasteiger partial charge < -0.3 is 10.6 Å². The normalized spacial score (nSPS) is 14.9. The second kappa shape index (κ2) is 6.44. The molecule has 1 aliphatic carbocycles. The molecule has 3 rings (SSSR count). The number of carbonyl (C=O) groups excluding carboxylic acids is 1. The van der Waals surface area contributed by atoms with Crippen LogP contribution in [0, 0.1) is 0 Å². The number of anilines is 1. The van der Waals surface area contributed by atoms with E-state index in [1.54, 1.807) is 0 Å². The summed E-state index contributed by atoms with van der Waals surface area (Å²) in [5, 5.41) is 5.92. The minimum absolute atomic E-state index is 0.102. The molecule has 0 radical (unpaired) electrons. The number of hydrogen-bond donors (Lipinski definition) is 2. The fourth-order valence-corrected chi connectivity index (χ4v) is 2.80. The largest absolute Gasteiger partial charge is 0.335 e. The van der Waals surface area contributed by atoms with E-state index in [1.807, 2.05) is 42.5 Å². The Labute approximate surface area is 125 Å². The number of rotatable bonds is 3. The van der Waals surface area contributed by atoms with Crippen LogP contribution in [0.1, 0.15) is 25.7 Å². The molecule has 2 amide bonds. The molecule has 0 heterocycles. The van der Waals surface area contributed by atoms with Crippen LogP contribution in [-0.2, 0) is 0 Å². The van der Waals surface area contributed by atoms with Gasteiger partial charge in [-0.2, -0.15) is 0 Å². The van der Waals surface area contributed by atoms with Crippen LogP contribution in [0.25, 0.3) is 11.1 Å². The molecule has 0 aliphatic heterocycles. The topological polar surface area (TPSA) is 41.1 Å². The first kappa shape index (κ1) is 13.7. The lowest BCUT2D eigenvalue weighted by Gasteiger charge is -2.13. The molecule has 21 heavy (non-hydrogen) atoms. The van der Waals surface area contributed by atoms with Crippen LogP contribution >= 0.6 is 0 Å². The van der Waals surface area contributed by atoms with Crippen molar-refractivity contribution in [2.24, 2.45) is 0 Å². The summed E-state index contributed by atoms with van der Waals surface area (Å²) in [6.45, 7) is 0. The van der Waals surface area contributed by atoms with Crippen LogP contribution in [0.15, 0.2) is 54.6 Å². The summed E-state index contributed by atoms with van der Waals surface area (Å²) in [5.74, 6) is 0. The molecule has 1 aliphatic rings. The minimum atomic E-state index is -0.102. The van der Waals surface area contributed by atoms with Gasteiger partial charge in [0, 0.05) is 11.7 Å². The number of hydrogen-bond acceptors (Lipinski definition) is 1. The van der Waals surface area contributed by atoms with Crippen LogP contribution in [-0.4, -0.2) is 12.1 Å². The fraction of sp³-hybridized carbons (Fsp3) is 0.278. The Kier molecular flexibility index (Phi) is 4.20. The quantitative estimate of drug-likeness (QED) is 0.858. The predicted octanol–water partition coefficient (Wildman–Crippen LogP) is 4.42. The van der Waals surface area contributed by atoms with Gasteiger partial charge >= 0.3 is 6.03 Å². The van der Waals surface area contributed by atoms with Gasteiger partial charge in [-0.25, -0.2) is 4.79 Å². The minimum Gasteiger partial charge on any atom is -0.335 e. The van der Waals surface area contributed by atoms with E-state index in [9.17, 15) is 4.79 Å². The predicted molar refractivity (Wildman–Crippen MR) is 86.3 cm³/mol. The molecule has 2 N–H and O–H groups in total. The maximum absolute atomic E-state index is 11.9. The maximum atomic E-state index is 11.9. The van der Waals surface area contributed by atoms with Crippen molar-refractivity contribution in [3.63, 3.8) is 0 Å². The monoisotopic (exact) mass is 280 g/mol. The molecule has 3 nitrogen and oxygen atoms in total. The third-order valence-corrected chi connectivity index (χ3v) is 3.94. The molecule has 2 aromatic carbocycles. The van der Waals surface area contributed by atoms with Crippen LogP contribution in [0.2, 0.25) is 0 Å². The van der Waals surface area contributed by atoms with Crippen molar-refractivity contribution in [2.45, 2.75) is 31.7 Å². The number of nitrogens with one attached hydrogen (secondary N) is 2. The second-order valence-electron chi connectivity index (χ2n) is 5.52. The first-order valence-corrected chi connectivity index (χ1v) is 7.54. The van der Waals surface area contributed by atoms with Gasteiger partial charge in [0.25, 0.3) is 0 Å². The van der Waals surface area contributed by atoms with Crippen molar-refractivity contribution in [2.75, 3.05) is 5.32 Å². The van der Waals surface area contributed by atoms with E-state index in [1.165, 1.54) is 18.4 Å². The highest BCUT2D eigenvalue weighted by molar-refractivity contribution is 5.89. The zero-order valence-corrected chi connectivity index (χ0v) is 12.0. The maximum Gasteiger partial charge on any atom is 0.319 e. The average molecular weight is 280 g/mol. The summed E-state index contributed by atoms with van der Waals surface area (Å²) >= 11 is 0. The second-order valence-corrected chi connectivity index (χ2v) is 5.52. The van der Waals surface area contributed by atoms with Crippen molar-refractivity contribution < 1.29 is 4.79 Å². The van der Waals surface area contributed by atoms with E-state index in [0.717, 1.165) is 24.1 Å². The molecule has 0 spiro atoms. The van der Waals surface area contributed by atoms with E-state index in [4.69, 9.17) is 0 Å². The Morgan fingerprint density at radius 2 is 1.48 bits per heavy atom. The molecule has 108 valence electrons. The first-order valence-electron chi connectivity index (χ1n) is 7.54. The van der Waals surface area contributed by atoms with Gasteiger partial charge in [-0.1, -0.05) is 55.3 Å². The molecule has 0 aromatic heterocycles. The fourth-order valence-electron chi connectivity index (χ4n) is 2.80. The lowest BCUT2D eigenvalue weighted by molar-refractivity contribution is 0.248. The standard InChI is InChI=1S/C18H20N2O/c21-18(19-16-8-4-5-9-16)20-17-12-10-15(11-13-17)14-6-2-1-3-7-14/h1-3,6-7,10-13,16H,4-5,8-9H2,(H2,19,20,21). The van der Waals surface area contributed by atoms with E-state index in [-0.39, 0.29) is 6.03 Å². The van der Waals surface area contributed by atoms with Gasteiger partial charge in [0.15, 0.2) is 0 Å². The van der Waals surface area contributed by atoms with Gasteiger partial charge in [-0.15, -0.1) is 0 Å². The van der Waals surface area contributed by atoms with Crippen LogP contribution < -0.4 is 10.6 Å². The average Bonchev–Trinajstić information content (AvgIpc) is 3.02. The Hall–Kier alpha value is -2.29. The lowest BCUT2D eigenvalue weighted by Crippen LogP contribution is -2.36. The number of benzene rings is 2. The summed E-state index contributed by atoms with van der Waals surface area (Å²) in [7, 11) is 0. The molecule has 1 fully saturated rings. The Balaban J connectivity index is 1.60. The van der Waals surface area contributed by atoms with Crippen molar-refractivity contribution >= 4 is 11.7 Å². The summed E-state index contributed by atoms with van der Waals surface area (Å²) in [6, 6.07) is 18.4. The van der Waals surface area contributed by atoms with Gasteiger partial charge in [0.2, 0.25) is 0 Å². The first-order chi connectivity index (χ1) is 10.3. The highest BCUT2D eigenvalue weighted by Gasteiger charge is 2.16. The van der Waals surface area contributed by atoms with Gasteiger partial charge in [0.05, 0.1) is 0 Å². The molecule has 3 heteroatoms. The molecule has 1 saturated carbocycles.